The Morgan fingerprint density at radius 2 is 0.597 bits per heavy atom. The van der Waals surface area contributed by atoms with E-state index in [-0.39, 0.29) is 0 Å². The molecule has 6 nitrogen and oxygen atoms in total. The first-order chi connectivity index (χ1) is 35.5. The predicted octanol–water partition coefficient (Wildman–Crippen LogP) is 16.0. The molecule has 4 aromatic heterocycles. The Balaban J connectivity index is 1.14. The lowest BCUT2D eigenvalue weighted by Gasteiger charge is -2.51. The molecule has 0 unspecified atom stereocenters. The summed E-state index contributed by atoms with van der Waals surface area (Å²) >= 11 is 7.62. The summed E-state index contributed by atoms with van der Waals surface area (Å²) in [6.07, 6.45) is 0. The first-order valence-electron chi connectivity index (χ1n) is 23.8. The topological polar surface area (TPSA) is 46.8 Å². The van der Waals surface area contributed by atoms with Gasteiger partial charge in [0.25, 0.3) is 0 Å². The molecule has 6 heterocycles. The smallest absolute Gasteiger partial charge is 0.119 e. The molecule has 0 radical (unpaired) electrons. The molecule has 0 saturated carbocycles. The van der Waals surface area contributed by atoms with Crippen molar-refractivity contribution in [2.75, 3.05) is 28.4 Å². The van der Waals surface area contributed by atoms with Crippen molar-refractivity contribution in [2.24, 2.45) is 0 Å². The van der Waals surface area contributed by atoms with Crippen LogP contribution in [0.15, 0.2) is 202 Å². The summed E-state index contributed by atoms with van der Waals surface area (Å²) in [4.78, 5) is 7.69. The minimum absolute atomic E-state index is 0.711. The van der Waals surface area contributed by atoms with E-state index in [0.717, 1.165) is 76.6 Å². The molecule has 3 aliphatic rings. The molecule has 0 N–H and O–H groups in total. The van der Waals surface area contributed by atoms with Gasteiger partial charge in [0.05, 0.1) is 61.3 Å². The molecule has 72 heavy (non-hydrogen) atoms. The van der Waals surface area contributed by atoms with Gasteiger partial charge in [0.15, 0.2) is 0 Å². The summed E-state index contributed by atoms with van der Waals surface area (Å²) in [5, 5.41) is 6.74. The lowest BCUT2D eigenvalue weighted by Crippen LogP contribution is -2.45. The van der Waals surface area contributed by atoms with Gasteiger partial charge in [-0.3, -0.25) is 0 Å². The molecule has 15 rings (SSSR count). The molecule has 0 saturated heterocycles. The van der Waals surface area contributed by atoms with Crippen molar-refractivity contribution in [1.82, 2.24) is 9.13 Å². The third-order valence-electron chi connectivity index (χ3n) is 15.3. The molecular formula is C62H42N2O4S4. The number of aromatic nitrogens is 2. The zero-order valence-corrected chi connectivity index (χ0v) is 42.7. The van der Waals surface area contributed by atoms with E-state index in [1.807, 2.05) is 46.2 Å². The summed E-state index contributed by atoms with van der Waals surface area (Å²) in [5.74, 6) is 3.26. The van der Waals surface area contributed by atoms with E-state index in [2.05, 4.69) is 191 Å². The number of nitrogens with zero attached hydrogens (tertiary/aromatic N) is 2. The Morgan fingerprint density at radius 1 is 0.319 bits per heavy atom. The van der Waals surface area contributed by atoms with Crippen LogP contribution in [0, 0.1) is 0 Å². The van der Waals surface area contributed by atoms with Gasteiger partial charge in [-0.05, 0) is 143 Å². The molecule has 12 aromatic rings. The third-order valence-corrected chi connectivity index (χ3v) is 20.1. The average Bonchev–Trinajstić information content (AvgIpc) is 4.23. The van der Waals surface area contributed by atoms with E-state index in [1.54, 1.807) is 28.4 Å². The standard InChI is InChI=1S/C62H42N2O4S4/c1-65-35-21-25-49-39(29-35)40-30-36(66-2)22-26-50(40)63(49)57-33-47-59(71-57)62(45-15-7-11-19-55(45)70-56-20-12-8-16-46(56)62)48-34-58(64-51-27-23-37(67-3)31-41(51)42-32-38(68-4)24-28-52(42)64)72-60(48)61(47)43-13-5-9-17-53(43)69-54-18-10-6-14-44(54)61/h5-34H,1-4H3. The highest BCUT2D eigenvalue weighted by molar-refractivity contribution is 7.99. The van der Waals surface area contributed by atoms with Gasteiger partial charge in [0.1, 0.15) is 33.0 Å². The molecule has 10 heteroatoms. The maximum absolute atomic E-state index is 5.87. The minimum atomic E-state index is -0.711. The molecule has 1 aliphatic carbocycles. The zero-order chi connectivity index (χ0) is 48.0. The van der Waals surface area contributed by atoms with Crippen LogP contribution in [0.4, 0.5) is 0 Å². The molecule has 0 atom stereocenters. The molecule has 2 spiro atoms. The van der Waals surface area contributed by atoms with Crippen molar-refractivity contribution < 1.29 is 18.9 Å². The Morgan fingerprint density at radius 3 is 0.875 bits per heavy atom. The second-order valence-electron chi connectivity index (χ2n) is 18.5. The lowest BCUT2D eigenvalue weighted by molar-refractivity contribution is 0.415. The summed E-state index contributed by atoms with van der Waals surface area (Å²) in [7, 11) is 6.96. The van der Waals surface area contributed by atoms with Crippen LogP contribution in [0.2, 0.25) is 0 Å². The summed E-state index contributed by atoms with van der Waals surface area (Å²) in [6.45, 7) is 0. The number of methoxy groups -OCH3 is 4. The Kier molecular flexibility index (Phi) is 9.16. The van der Waals surface area contributed by atoms with Crippen molar-refractivity contribution in [2.45, 2.75) is 30.4 Å². The van der Waals surface area contributed by atoms with E-state index in [4.69, 9.17) is 18.9 Å². The van der Waals surface area contributed by atoms with Crippen molar-refractivity contribution in [3.8, 4) is 33.0 Å². The van der Waals surface area contributed by atoms with Crippen LogP contribution in [0.1, 0.15) is 43.1 Å². The highest BCUT2D eigenvalue weighted by Crippen LogP contribution is 2.70. The summed E-state index contributed by atoms with van der Waals surface area (Å²) in [6, 6.07) is 67.7. The Hall–Kier alpha value is -7.34. The maximum Gasteiger partial charge on any atom is 0.119 e. The van der Waals surface area contributed by atoms with Crippen LogP contribution in [-0.2, 0) is 10.8 Å². The van der Waals surface area contributed by atoms with Crippen molar-refractivity contribution in [3.63, 3.8) is 0 Å². The highest BCUT2D eigenvalue weighted by atomic mass is 32.2. The first-order valence-corrected chi connectivity index (χ1v) is 27.1. The minimum Gasteiger partial charge on any atom is -0.497 e. The third kappa shape index (κ3) is 5.47. The second kappa shape index (κ2) is 15.6. The normalized spacial score (nSPS) is 14.5. The Bertz CT molecular complexity index is 3740. The average molecular weight is 1010 g/mol. The summed E-state index contributed by atoms with van der Waals surface area (Å²) < 4.78 is 28.5. The van der Waals surface area contributed by atoms with Crippen LogP contribution in [0.3, 0.4) is 0 Å². The van der Waals surface area contributed by atoms with Crippen LogP contribution < -0.4 is 18.9 Å². The molecule has 0 fully saturated rings. The van der Waals surface area contributed by atoms with E-state index >= 15 is 0 Å². The van der Waals surface area contributed by atoms with Gasteiger partial charge in [-0.25, -0.2) is 0 Å². The van der Waals surface area contributed by atoms with Gasteiger partial charge in [0, 0.05) is 50.9 Å². The van der Waals surface area contributed by atoms with E-state index < -0.39 is 10.8 Å². The number of rotatable bonds is 6. The summed E-state index contributed by atoms with van der Waals surface area (Å²) in [5.41, 5.74) is 10.8. The van der Waals surface area contributed by atoms with E-state index in [0.29, 0.717) is 0 Å². The molecule has 8 aromatic carbocycles. The zero-order valence-electron chi connectivity index (χ0n) is 39.5. The first kappa shape index (κ1) is 42.4. The van der Waals surface area contributed by atoms with E-state index in [9.17, 15) is 0 Å². The monoisotopic (exact) mass is 1010 g/mol. The van der Waals surface area contributed by atoms with Gasteiger partial charge in [-0.2, -0.15) is 0 Å². The Labute approximate surface area is 432 Å². The molecule has 2 aliphatic heterocycles. The lowest BCUT2D eigenvalue weighted by atomic mass is 9.55. The molecule has 0 bridgehead atoms. The van der Waals surface area contributed by atoms with Gasteiger partial charge < -0.3 is 28.1 Å². The number of hydrogen-bond acceptors (Lipinski definition) is 8. The van der Waals surface area contributed by atoms with Crippen LogP contribution in [0.5, 0.6) is 23.0 Å². The fourth-order valence-corrected chi connectivity index (χ4v) is 17.7. The van der Waals surface area contributed by atoms with Crippen molar-refractivity contribution >= 4 is 89.8 Å². The number of hydrogen-bond donors (Lipinski definition) is 0. The van der Waals surface area contributed by atoms with Crippen LogP contribution in [-0.4, -0.2) is 37.6 Å². The number of thiophene rings is 2. The van der Waals surface area contributed by atoms with Crippen molar-refractivity contribution in [3.05, 3.63) is 225 Å². The fourth-order valence-electron chi connectivity index (χ4n) is 12.3. The second-order valence-corrected chi connectivity index (χ2v) is 22.8. The molecule has 348 valence electrons. The van der Waals surface area contributed by atoms with E-state index in [1.165, 1.54) is 62.7 Å². The molecule has 0 amide bonds. The van der Waals surface area contributed by atoms with Gasteiger partial charge in [-0.15, -0.1) is 22.7 Å². The van der Waals surface area contributed by atoms with Gasteiger partial charge >= 0.3 is 0 Å². The number of benzene rings is 8. The quantitative estimate of drug-likeness (QED) is 0.165. The van der Waals surface area contributed by atoms with Crippen LogP contribution >= 0.6 is 46.2 Å². The van der Waals surface area contributed by atoms with Gasteiger partial charge in [0.2, 0.25) is 0 Å². The maximum atomic E-state index is 5.87. The fraction of sp³-hybridized carbons (Fsp3) is 0.0968. The van der Waals surface area contributed by atoms with Crippen LogP contribution in [0.25, 0.3) is 53.6 Å². The number of ether oxygens (including phenoxy) is 4. The number of fused-ring (bicyclic) bond motifs is 20. The largest absolute Gasteiger partial charge is 0.497 e. The predicted molar refractivity (Wildman–Crippen MR) is 296 cm³/mol. The highest BCUT2D eigenvalue weighted by Gasteiger charge is 2.60. The molecular weight excluding hydrogens is 965 g/mol. The SMILES string of the molecule is COc1ccc2c(c1)c1cc(OC)ccc1n2-c1cc2c(s1)C1(c3ccccc3Sc3ccccc31)c1cc(-n3c4ccc(OC)cc4c4cc(OC)ccc43)sc1C21c2ccccc2Sc2ccccc21. The van der Waals surface area contributed by atoms with Crippen molar-refractivity contribution in [1.29, 1.82) is 0 Å². The van der Waals surface area contributed by atoms with Gasteiger partial charge in [-0.1, -0.05) is 96.3 Å².